The lowest BCUT2D eigenvalue weighted by Gasteiger charge is -2.13. The highest BCUT2D eigenvalue weighted by molar-refractivity contribution is 6.35. The Balaban J connectivity index is 2.40. The number of nitrogens with zero attached hydrogens (tertiary/aromatic N) is 1. The lowest BCUT2D eigenvalue weighted by molar-refractivity contribution is 0.0699. The number of benzene rings is 2. The third-order valence-corrected chi connectivity index (χ3v) is 4.49. The minimum absolute atomic E-state index is 0.202. The molecule has 0 fully saturated rings. The summed E-state index contributed by atoms with van der Waals surface area (Å²) in [4.78, 5) is 16.4. The van der Waals surface area contributed by atoms with Gasteiger partial charge >= 0.3 is 5.97 Å². The number of hydrogen-bond donors (Lipinski definition) is 1. The number of aromatic carboxylic acids is 1. The maximum atomic E-state index is 11.7. The smallest absolute Gasteiger partial charge is 0.336 e. The van der Waals surface area contributed by atoms with Crippen molar-refractivity contribution in [1.29, 1.82) is 0 Å². The van der Waals surface area contributed by atoms with Crippen LogP contribution in [0.2, 0.25) is 10.0 Å². The summed E-state index contributed by atoms with van der Waals surface area (Å²) >= 11 is 12.3. The summed E-state index contributed by atoms with van der Waals surface area (Å²) in [6, 6.07) is 12.2. The second-order valence-electron chi connectivity index (χ2n) is 5.88. The fourth-order valence-corrected chi connectivity index (χ4v) is 3.13. The molecule has 3 aromatic rings. The molecule has 0 saturated heterocycles. The minimum Gasteiger partial charge on any atom is -0.478 e. The Morgan fingerprint density at radius 1 is 1.12 bits per heavy atom. The van der Waals surface area contributed by atoms with Crippen LogP contribution >= 0.6 is 23.2 Å². The van der Waals surface area contributed by atoms with E-state index in [1.54, 1.807) is 30.3 Å². The van der Waals surface area contributed by atoms with Crippen molar-refractivity contribution in [3.05, 3.63) is 63.6 Å². The number of rotatable bonds is 3. The van der Waals surface area contributed by atoms with E-state index in [0.717, 1.165) is 5.56 Å². The van der Waals surface area contributed by atoms with Crippen LogP contribution in [0.4, 0.5) is 0 Å². The summed E-state index contributed by atoms with van der Waals surface area (Å²) in [5.74, 6) is -0.782. The largest absolute Gasteiger partial charge is 0.478 e. The highest BCUT2D eigenvalue weighted by Gasteiger charge is 2.17. The molecule has 0 saturated carbocycles. The molecule has 0 radical (unpaired) electrons. The van der Waals surface area contributed by atoms with E-state index in [0.29, 0.717) is 32.2 Å². The second-order valence-corrected chi connectivity index (χ2v) is 6.73. The summed E-state index contributed by atoms with van der Waals surface area (Å²) in [6.45, 7) is 4.10. The Hall–Kier alpha value is -2.10. The topological polar surface area (TPSA) is 50.2 Å². The van der Waals surface area contributed by atoms with Crippen LogP contribution in [-0.4, -0.2) is 16.1 Å². The molecule has 3 rings (SSSR count). The van der Waals surface area contributed by atoms with Crippen molar-refractivity contribution in [2.45, 2.75) is 19.8 Å². The Morgan fingerprint density at radius 2 is 1.88 bits per heavy atom. The molecular formula is C19H15Cl2NO2. The number of fused-ring (bicyclic) bond motifs is 1. The van der Waals surface area contributed by atoms with Crippen molar-refractivity contribution in [2.24, 2.45) is 0 Å². The first kappa shape index (κ1) is 16.7. The molecule has 2 aromatic carbocycles. The lowest BCUT2D eigenvalue weighted by Crippen LogP contribution is -2.02. The lowest BCUT2D eigenvalue weighted by atomic mass is 9.96. The Labute approximate surface area is 149 Å². The maximum absolute atomic E-state index is 11.7. The van der Waals surface area contributed by atoms with E-state index in [1.165, 1.54) is 0 Å². The third kappa shape index (κ3) is 2.97. The first-order valence-corrected chi connectivity index (χ1v) is 8.26. The van der Waals surface area contributed by atoms with Gasteiger partial charge in [0.25, 0.3) is 0 Å². The molecule has 0 unspecified atom stereocenters. The van der Waals surface area contributed by atoms with Crippen LogP contribution in [-0.2, 0) is 0 Å². The number of aromatic nitrogens is 1. The predicted molar refractivity (Wildman–Crippen MR) is 98.2 cm³/mol. The molecule has 3 nitrogen and oxygen atoms in total. The Bertz CT molecular complexity index is 951. The van der Waals surface area contributed by atoms with Gasteiger partial charge in [0, 0.05) is 16.0 Å². The van der Waals surface area contributed by atoms with Crippen molar-refractivity contribution in [1.82, 2.24) is 4.98 Å². The number of para-hydroxylation sites is 1. The molecule has 1 aromatic heterocycles. The summed E-state index contributed by atoms with van der Waals surface area (Å²) in [5.41, 5.74) is 3.00. The van der Waals surface area contributed by atoms with E-state index in [9.17, 15) is 9.90 Å². The van der Waals surface area contributed by atoms with Crippen molar-refractivity contribution in [2.75, 3.05) is 0 Å². The average molecular weight is 360 g/mol. The van der Waals surface area contributed by atoms with Crippen molar-refractivity contribution < 1.29 is 9.90 Å². The van der Waals surface area contributed by atoms with Crippen LogP contribution in [0.25, 0.3) is 22.2 Å². The molecular weight excluding hydrogens is 345 g/mol. The number of pyridine rings is 1. The molecule has 0 amide bonds. The molecule has 0 atom stereocenters. The van der Waals surface area contributed by atoms with Crippen LogP contribution in [0, 0.1) is 0 Å². The molecule has 0 aliphatic carbocycles. The van der Waals surface area contributed by atoms with E-state index in [1.807, 2.05) is 12.1 Å². The van der Waals surface area contributed by atoms with Gasteiger partial charge in [0.2, 0.25) is 0 Å². The molecule has 0 spiro atoms. The van der Waals surface area contributed by atoms with Gasteiger partial charge in [0.15, 0.2) is 0 Å². The first-order valence-electron chi connectivity index (χ1n) is 7.51. The van der Waals surface area contributed by atoms with Gasteiger partial charge in [-0.2, -0.15) is 0 Å². The summed E-state index contributed by atoms with van der Waals surface area (Å²) in [6.07, 6.45) is 0. The quantitative estimate of drug-likeness (QED) is 0.620. The van der Waals surface area contributed by atoms with Crippen molar-refractivity contribution >= 4 is 40.1 Å². The summed E-state index contributed by atoms with van der Waals surface area (Å²) in [7, 11) is 0. The number of carboxylic acids is 1. The molecule has 24 heavy (non-hydrogen) atoms. The fourth-order valence-electron chi connectivity index (χ4n) is 2.75. The normalized spacial score (nSPS) is 11.2. The van der Waals surface area contributed by atoms with E-state index in [4.69, 9.17) is 28.2 Å². The standard InChI is InChI=1S/C19H15Cl2NO2/c1-10(2)12-4-3-5-13-14(19(23)24)9-17(22-18(12)13)15-8-11(20)6-7-16(15)21/h3-10H,1-2H3,(H,23,24). The predicted octanol–water partition coefficient (Wildman–Crippen LogP) is 6.03. The van der Waals surface area contributed by atoms with Gasteiger partial charge in [0.05, 0.1) is 21.8 Å². The molecule has 0 bridgehead atoms. The highest BCUT2D eigenvalue weighted by atomic mass is 35.5. The summed E-state index contributed by atoms with van der Waals surface area (Å²) < 4.78 is 0. The molecule has 0 aliphatic rings. The maximum Gasteiger partial charge on any atom is 0.336 e. The van der Waals surface area contributed by atoms with Crippen LogP contribution in [0.1, 0.15) is 35.7 Å². The Morgan fingerprint density at radius 3 is 2.54 bits per heavy atom. The molecule has 122 valence electrons. The molecule has 1 N–H and O–H groups in total. The van der Waals surface area contributed by atoms with Gasteiger partial charge < -0.3 is 5.11 Å². The van der Waals surface area contributed by atoms with Crippen LogP contribution in [0.3, 0.4) is 0 Å². The zero-order chi connectivity index (χ0) is 17.4. The van der Waals surface area contributed by atoms with Gasteiger partial charge in [0.1, 0.15) is 0 Å². The van der Waals surface area contributed by atoms with Gasteiger partial charge in [-0.05, 0) is 35.7 Å². The van der Waals surface area contributed by atoms with Gasteiger partial charge in [-0.25, -0.2) is 9.78 Å². The van der Waals surface area contributed by atoms with Crippen LogP contribution in [0.15, 0.2) is 42.5 Å². The van der Waals surface area contributed by atoms with Crippen LogP contribution in [0.5, 0.6) is 0 Å². The van der Waals surface area contributed by atoms with Crippen molar-refractivity contribution in [3.8, 4) is 11.3 Å². The van der Waals surface area contributed by atoms with E-state index < -0.39 is 5.97 Å². The summed E-state index contributed by atoms with van der Waals surface area (Å²) in [5, 5.41) is 11.2. The molecule has 0 aliphatic heterocycles. The number of hydrogen-bond acceptors (Lipinski definition) is 2. The highest BCUT2D eigenvalue weighted by Crippen LogP contribution is 2.34. The van der Waals surface area contributed by atoms with Crippen LogP contribution < -0.4 is 0 Å². The zero-order valence-corrected chi connectivity index (χ0v) is 14.7. The molecule has 1 heterocycles. The number of halogens is 2. The average Bonchev–Trinajstić information content (AvgIpc) is 2.55. The first-order chi connectivity index (χ1) is 11.4. The van der Waals surface area contributed by atoms with E-state index in [2.05, 4.69) is 13.8 Å². The Kier molecular flexibility index (Phi) is 4.48. The van der Waals surface area contributed by atoms with Gasteiger partial charge in [-0.1, -0.05) is 55.2 Å². The SMILES string of the molecule is CC(C)c1cccc2c(C(=O)O)cc(-c3cc(Cl)ccc3Cl)nc12. The van der Waals surface area contributed by atoms with Gasteiger partial charge in [-0.15, -0.1) is 0 Å². The monoisotopic (exact) mass is 359 g/mol. The van der Waals surface area contributed by atoms with Gasteiger partial charge in [-0.3, -0.25) is 0 Å². The van der Waals surface area contributed by atoms with E-state index in [-0.39, 0.29) is 11.5 Å². The second kappa shape index (κ2) is 6.42. The van der Waals surface area contributed by atoms with E-state index >= 15 is 0 Å². The van der Waals surface area contributed by atoms with Crippen molar-refractivity contribution in [3.63, 3.8) is 0 Å². The zero-order valence-electron chi connectivity index (χ0n) is 13.2. The minimum atomic E-state index is -0.997. The number of carbonyl (C=O) groups is 1. The number of carboxylic acid groups (broad SMARTS) is 1. The molecule has 5 heteroatoms. The third-order valence-electron chi connectivity index (χ3n) is 3.93. The fraction of sp³-hybridized carbons (Fsp3) is 0.158.